The largest absolute Gasteiger partial charge is 0.378 e. The summed E-state index contributed by atoms with van der Waals surface area (Å²) >= 11 is 0. The van der Waals surface area contributed by atoms with Crippen LogP contribution in [0.2, 0.25) is 0 Å². The molecule has 1 unspecified atom stereocenters. The Hall–Kier alpha value is -2.54. The average molecular weight is 396 g/mol. The lowest BCUT2D eigenvalue weighted by Crippen LogP contribution is -2.36. The zero-order valence-corrected chi connectivity index (χ0v) is 16.7. The van der Waals surface area contributed by atoms with Gasteiger partial charge in [0.25, 0.3) is 5.56 Å². The number of fused-ring (bicyclic) bond motifs is 1. The number of carbonyl (C=O) groups excluding carboxylic acids is 1. The van der Waals surface area contributed by atoms with E-state index in [0.717, 1.165) is 50.4 Å². The maximum Gasteiger partial charge on any atom is 0.270 e. The van der Waals surface area contributed by atoms with Crippen LogP contribution in [0.5, 0.6) is 0 Å². The van der Waals surface area contributed by atoms with Crippen LogP contribution >= 0.6 is 0 Å². The first-order valence-electron chi connectivity index (χ1n) is 10.8. The number of hydrogen-bond donors (Lipinski definition) is 2. The Morgan fingerprint density at radius 2 is 1.69 bits per heavy atom. The molecule has 2 fully saturated rings. The summed E-state index contributed by atoms with van der Waals surface area (Å²) in [6, 6.07) is 8.59. The van der Waals surface area contributed by atoms with Crippen LogP contribution in [0.3, 0.4) is 0 Å². The molecule has 3 heterocycles. The summed E-state index contributed by atoms with van der Waals surface area (Å²) in [6.45, 7) is 3.27. The molecular weight excluding hydrogens is 368 g/mol. The molecule has 1 saturated carbocycles. The zero-order valence-electron chi connectivity index (χ0n) is 16.7. The molecule has 7 heteroatoms. The highest BCUT2D eigenvalue weighted by molar-refractivity contribution is 5.94. The van der Waals surface area contributed by atoms with Crippen LogP contribution in [-0.4, -0.2) is 42.0 Å². The van der Waals surface area contributed by atoms with Gasteiger partial charge in [-0.2, -0.15) is 0 Å². The van der Waals surface area contributed by atoms with E-state index < -0.39 is 0 Å². The fraction of sp³-hybridized carbons (Fsp3) is 0.545. The van der Waals surface area contributed by atoms with E-state index in [4.69, 9.17) is 4.74 Å². The molecule has 1 aliphatic carbocycles. The second kappa shape index (κ2) is 7.71. The first-order chi connectivity index (χ1) is 14.2. The molecule has 1 atom stereocenters. The van der Waals surface area contributed by atoms with Crippen molar-refractivity contribution in [1.29, 1.82) is 0 Å². The number of H-pyrrole nitrogens is 1. The Bertz CT molecular complexity index is 934. The van der Waals surface area contributed by atoms with Crippen molar-refractivity contribution in [3.63, 3.8) is 0 Å². The first-order valence-corrected chi connectivity index (χ1v) is 10.8. The van der Waals surface area contributed by atoms with Gasteiger partial charge in [0.2, 0.25) is 5.91 Å². The van der Waals surface area contributed by atoms with E-state index in [2.05, 4.69) is 39.6 Å². The summed E-state index contributed by atoms with van der Waals surface area (Å²) < 4.78 is 7.36. The van der Waals surface area contributed by atoms with E-state index in [-0.39, 0.29) is 23.4 Å². The number of aromatic amines is 1. The Morgan fingerprint density at radius 1 is 0.966 bits per heavy atom. The van der Waals surface area contributed by atoms with E-state index in [1.165, 1.54) is 19.3 Å². The lowest BCUT2D eigenvalue weighted by Gasteiger charge is -2.30. The topological polar surface area (TPSA) is 79.4 Å². The van der Waals surface area contributed by atoms with Crippen LogP contribution in [0.4, 0.5) is 11.5 Å². The third-order valence-electron chi connectivity index (χ3n) is 6.57. The van der Waals surface area contributed by atoms with Gasteiger partial charge in [-0.05, 0) is 30.5 Å². The van der Waals surface area contributed by atoms with Gasteiger partial charge in [0.05, 0.1) is 24.8 Å². The molecule has 2 N–H and O–H groups in total. The number of nitrogens with one attached hydrogen (secondary N) is 2. The zero-order chi connectivity index (χ0) is 19.8. The predicted molar refractivity (Wildman–Crippen MR) is 112 cm³/mol. The Labute approximate surface area is 170 Å². The molecule has 0 bridgehead atoms. The van der Waals surface area contributed by atoms with Gasteiger partial charge in [-0.15, -0.1) is 0 Å². The number of ether oxygens (including phenoxy) is 1. The number of amides is 1. The van der Waals surface area contributed by atoms with Crippen molar-refractivity contribution in [2.24, 2.45) is 0 Å². The third kappa shape index (κ3) is 3.48. The molecule has 1 aromatic heterocycles. The van der Waals surface area contributed by atoms with Crippen molar-refractivity contribution in [2.45, 2.75) is 50.5 Å². The minimum atomic E-state index is -0.203. The van der Waals surface area contributed by atoms with E-state index in [9.17, 15) is 9.59 Å². The minimum Gasteiger partial charge on any atom is -0.378 e. The van der Waals surface area contributed by atoms with Crippen molar-refractivity contribution in [2.75, 3.05) is 36.5 Å². The van der Waals surface area contributed by atoms with E-state index in [0.29, 0.717) is 17.8 Å². The smallest absolute Gasteiger partial charge is 0.270 e. The first kappa shape index (κ1) is 18.5. The molecule has 5 rings (SSSR count). The Morgan fingerprint density at radius 3 is 2.41 bits per heavy atom. The van der Waals surface area contributed by atoms with Gasteiger partial charge in [0.1, 0.15) is 5.82 Å². The molecule has 154 valence electrons. The minimum absolute atomic E-state index is 0.0247. The van der Waals surface area contributed by atoms with Crippen molar-refractivity contribution < 1.29 is 9.53 Å². The second-order valence-corrected chi connectivity index (χ2v) is 8.36. The van der Waals surface area contributed by atoms with Crippen molar-refractivity contribution in [3.05, 3.63) is 45.7 Å². The molecule has 7 nitrogen and oxygen atoms in total. The number of nitrogens with zero attached hydrogens (tertiary/aromatic N) is 2. The second-order valence-electron chi connectivity index (χ2n) is 8.36. The number of benzene rings is 1. The highest BCUT2D eigenvalue weighted by Crippen LogP contribution is 2.38. The quantitative estimate of drug-likeness (QED) is 0.836. The molecule has 1 aromatic carbocycles. The molecule has 3 aliphatic rings. The average Bonchev–Trinajstić information content (AvgIpc) is 3.11. The van der Waals surface area contributed by atoms with Crippen LogP contribution < -0.4 is 15.8 Å². The van der Waals surface area contributed by atoms with Gasteiger partial charge in [0.15, 0.2) is 0 Å². The molecule has 2 aliphatic heterocycles. The van der Waals surface area contributed by atoms with E-state index in [1.807, 2.05) is 4.68 Å². The maximum absolute atomic E-state index is 12.9. The Kier molecular flexibility index (Phi) is 4.91. The predicted octanol–water partition coefficient (Wildman–Crippen LogP) is 2.99. The summed E-state index contributed by atoms with van der Waals surface area (Å²) in [5.41, 5.74) is 2.80. The fourth-order valence-electron chi connectivity index (χ4n) is 5.02. The highest BCUT2D eigenvalue weighted by Gasteiger charge is 2.34. The summed E-state index contributed by atoms with van der Waals surface area (Å²) in [5.74, 6) is 0.454. The monoisotopic (exact) mass is 396 g/mol. The summed E-state index contributed by atoms with van der Waals surface area (Å²) in [5, 5.41) is 6.01. The number of aromatic nitrogens is 2. The van der Waals surface area contributed by atoms with Gasteiger partial charge in [0, 0.05) is 31.1 Å². The lowest BCUT2D eigenvalue weighted by molar-refractivity contribution is -0.116. The van der Waals surface area contributed by atoms with Crippen LogP contribution in [0, 0.1) is 0 Å². The third-order valence-corrected chi connectivity index (χ3v) is 6.57. The standard InChI is InChI=1S/C22H28N4O3/c27-19-14-18(15-6-8-16(9-7-15)25-10-12-29-13-11-25)20-21(23-19)26(24-22(20)28)17-4-2-1-3-5-17/h6-9,17-18H,1-5,10-14H2,(H,23,27)(H,24,28). The molecule has 0 radical (unpaired) electrons. The van der Waals surface area contributed by atoms with Gasteiger partial charge >= 0.3 is 0 Å². The van der Waals surface area contributed by atoms with Crippen LogP contribution in [0.15, 0.2) is 29.1 Å². The van der Waals surface area contributed by atoms with Crippen molar-refractivity contribution >= 4 is 17.4 Å². The van der Waals surface area contributed by atoms with Gasteiger partial charge < -0.3 is 15.0 Å². The van der Waals surface area contributed by atoms with E-state index >= 15 is 0 Å². The van der Waals surface area contributed by atoms with Crippen LogP contribution in [-0.2, 0) is 9.53 Å². The summed E-state index contributed by atoms with van der Waals surface area (Å²) in [4.78, 5) is 27.7. The fourth-order valence-corrected chi connectivity index (χ4v) is 5.02. The number of morpholine rings is 1. The molecule has 1 saturated heterocycles. The maximum atomic E-state index is 12.9. The van der Waals surface area contributed by atoms with Gasteiger partial charge in [-0.25, -0.2) is 0 Å². The SMILES string of the molecule is O=C1CC(c2ccc(N3CCOCC3)cc2)c2c(n(C3CCCCC3)[nH]c2=O)N1. The van der Waals surface area contributed by atoms with Crippen molar-refractivity contribution in [3.8, 4) is 0 Å². The van der Waals surface area contributed by atoms with Crippen molar-refractivity contribution in [1.82, 2.24) is 9.78 Å². The van der Waals surface area contributed by atoms with Crippen LogP contribution in [0.1, 0.15) is 61.6 Å². The molecule has 1 amide bonds. The molecular formula is C22H28N4O3. The molecule has 2 aromatic rings. The Balaban J connectivity index is 1.47. The van der Waals surface area contributed by atoms with Gasteiger partial charge in [-0.1, -0.05) is 31.4 Å². The number of rotatable bonds is 3. The van der Waals surface area contributed by atoms with E-state index in [1.54, 1.807) is 0 Å². The van der Waals surface area contributed by atoms with Gasteiger partial charge in [-0.3, -0.25) is 19.4 Å². The molecule has 29 heavy (non-hydrogen) atoms. The lowest BCUT2D eigenvalue weighted by atomic mass is 9.87. The number of hydrogen-bond acceptors (Lipinski definition) is 4. The highest BCUT2D eigenvalue weighted by atomic mass is 16.5. The molecule has 0 spiro atoms. The number of anilines is 2. The summed E-state index contributed by atoms with van der Waals surface area (Å²) in [7, 11) is 0. The normalized spacial score (nSPS) is 23.0. The summed E-state index contributed by atoms with van der Waals surface area (Å²) in [6.07, 6.45) is 5.98. The van der Waals surface area contributed by atoms with Crippen LogP contribution in [0.25, 0.3) is 0 Å². The number of carbonyl (C=O) groups is 1.